The summed E-state index contributed by atoms with van der Waals surface area (Å²) in [5.74, 6) is -2.79. The van der Waals surface area contributed by atoms with Gasteiger partial charge in [0, 0.05) is 22.0 Å². The summed E-state index contributed by atoms with van der Waals surface area (Å²) in [6, 6.07) is 13.1. The van der Waals surface area contributed by atoms with Crippen molar-refractivity contribution in [2.24, 2.45) is 11.8 Å². The Labute approximate surface area is 224 Å². The van der Waals surface area contributed by atoms with Gasteiger partial charge in [-0.15, -0.1) is 0 Å². The van der Waals surface area contributed by atoms with E-state index in [1.807, 2.05) is 44.2 Å². The number of hydrogen-bond acceptors (Lipinski definition) is 4. The summed E-state index contributed by atoms with van der Waals surface area (Å²) in [6.07, 6.45) is 0.000250. The second-order valence-corrected chi connectivity index (χ2v) is 13.3. The number of aliphatic carboxylic acids is 1. The average Bonchev–Trinajstić information content (AvgIpc) is 2.77. The molecule has 0 aliphatic rings. The van der Waals surface area contributed by atoms with Gasteiger partial charge in [-0.3, -0.25) is 9.59 Å². The molecule has 1 amide bonds. The molecule has 0 radical (unpaired) electrons. The van der Waals surface area contributed by atoms with E-state index in [2.05, 4.69) is 0 Å². The molecule has 1 N–H and O–H groups in total. The Bertz CT molecular complexity index is 1150. The van der Waals surface area contributed by atoms with Crippen LogP contribution in [0.25, 0.3) is 0 Å². The van der Waals surface area contributed by atoms with E-state index in [1.165, 1.54) is 0 Å². The Balaban J connectivity index is 2.72. The van der Waals surface area contributed by atoms with E-state index >= 15 is 0 Å². The molecule has 0 bridgehead atoms. The fraction of sp³-hybridized carbons (Fsp3) is 0.481. The summed E-state index contributed by atoms with van der Waals surface area (Å²) in [5.41, 5.74) is 1.63. The molecule has 9 heteroatoms. The number of nitrogens with zero attached hydrogens (tertiary/aromatic N) is 1. The smallest absolute Gasteiger partial charge is 0.304 e. The molecule has 3 atom stereocenters. The molecule has 0 aliphatic heterocycles. The number of benzene rings is 2. The Hall–Kier alpha value is -2.09. The fourth-order valence-electron chi connectivity index (χ4n) is 4.13. The molecule has 36 heavy (non-hydrogen) atoms. The van der Waals surface area contributed by atoms with Gasteiger partial charge in [0.1, 0.15) is 0 Å². The Kier molecular flexibility index (Phi) is 10.8. The van der Waals surface area contributed by atoms with Gasteiger partial charge in [0.25, 0.3) is 0 Å². The van der Waals surface area contributed by atoms with E-state index in [0.29, 0.717) is 16.5 Å². The van der Waals surface area contributed by atoms with Gasteiger partial charge < -0.3 is 10.0 Å². The van der Waals surface area contributed by atoms with Crippen molar-refractivity contribution >= 4 is 44.9 Å². The minimum atomic E-state index is -3.52. The van der Waals surface area contributed by atoms with E-state index in [0.717, 1.165) is 11.1 Å². The number of halogens is 2. The number of carboxylic acids is 1. The highest BCUT2D eigenvalue weighted by molar-refractivity contribution is 7.92. The third-order valence-corrected chi connectivity index (χ3v) is 9.04. The van der Waals surface area contributed by atoms with Crippen LogP contribution >= 0.6 is 23.2 Å². The molecular formula is C27H35Cl2NO5S. The highest BCUT2D eigenvalue weighted by Crippen LogP contribution is 2.33. The zero-order valence-corrected chi connectivity index (χ0v) is 23.6. The van der Waals surface area contributed by atoms with Gasteiger partial charge in [-0.25, -0.2) is 8.42 Å². The Morgan fingerprint density at radius 3 is 2.06 bits per heavy atom. The molecule has 0 fully saturated rings. The zero-order chi connectivity index (χ0) is 27.2. The molecule has 0 aliphatic carbocycles. The molecule has 6 nitrogen and oxygen atoms in total. The molecule has 0 aromatic heterocycles. The molecular weight excluding hydrogens is 521 g/mol. The van der Waals surface area contributed by atoms with Crippen LogP contribution in [-0.2, 0) is 25.8 Å². The van der Waals surface area contributed by atoms with Crippen molar-refractivity contribution in [1.29, 1.82) is 0 Å². The largest absolute Gasteiger partial charge is 0.481 e. The number of sulfone groups is 1. The van der Waals surface area contributed by atoms with Crippen LogP contribution in [-0.4, -0.2) is 47.3 Å². The number of carbonyl (C=O) groups is 2. The van der Waals surface area contributed by atoms with Crippen molar-refractivity contribution in [2.45, 2.75) is 64.8 Å². The van der Waals surface area contributed by atoms with Crippen molar-refractivity contribution in [2.75, 3.05) is 5.75 Å². The first-order valence-corrected chi connectivity index (χ1v) is 14.5. The minimum Gasteiger partial charge on any atom is -0.481 e. The summed E-state index contributed by atoms with van der Waals surface area (Å²) in [6.45, 7) is 8.56. The summed E-state index contributed by atoms with van der Waals surface area (Å²) in [4.78, 5) is 27.0. The van der Waals surface area contributed by atoms with Gasteiger partial charge in [-0.2, -0.15) is 0 Å². The zero-order valence-electron chi connectivity index (χ0n) is 21.3. The predicted octanol–water partition coefficient (Wildman–Crippen LogP) is 6.06. The third-order valence-electron chi connectivity index (χ3n) is 6.31. The molecule has 0 spiro atoms. The van der Waals surface area contributed by atoms with E-state index < -0.39 is 45.0 Å². The molecule has 2 rings (SSSR count). The number of amides is 1. The lowest BCUT2D eigenvalue weighted by Crippen LogP contribution is -2.52. The number of carbonyl (C=O) groups excluding carboxylic acids is 1. The van der Waals surface area contributed by atoms with Gasteiger partial charge >= 0.3 is 5.97 Å². The van der Waals surface area contributed by atoms with E-state index in [9.17, 15) is 23.1 Å². The first-order valence-electron chi connectivity index (χ1n) is 12.0. The number of rotatable bonds is 12. The van der Waals surface area contributed by atoms with Crippen LogP contribution < -0.4 is 0 Å². The standard InChI is InChI=1S/C27H35Cl2NO5S/c1-17(2)25(16-36(34,35)18(3)4)30(27(33)19(5)13-26(31)32)24(21-9-11-22(28)12-10-21)15-20-7-6-8-23(29)14-20/h6-12,14,17-19,24-25H,13,15-16H2,1-5H3,(H,31,32)/t19-,24?,25+/m0/s1. The topological polar surface area (TPSA) is 91.8 Å². The van der Waals surface area contributed by atoms with Gasteiger partial charge in [0.15, 0.2) is 9.84 Å². The van der Waals surface area contributed by atoms with Gasteiger partial charge in [0.2, 0.25) is 5.91 Å². The molecule has 2 aromatic rings. The summed E-state index contributed by atoms with van der Waals surface area (Å²) in [5, 5.41) is 9.83. The molecule has 0 saturated heterocycles. The first kappa shape index (κ1) is 30.1. The lowest BCUT2D eigenvalue weighted by atomic mass is 9.91. The first-order chi connectivity index (χ1) is 16.7. The van der Waals surface area contributed by atoms with Gasteiger partial charge in [-0.1, -0.05) is 68.2 Å². The quantitative estimate of drug-likeness (QED) is 0.343. The van der Waals surface area contributed by atoms with E-state index in [1.54, 1.807) is 43.9 Å². The van der Waals surface area contributed by atoms with Crippen LogP contribution in [0.2, 0.25) is 10.0 Å². The fourth-order valence-corrected chi connectivity index (χ4v) is 5.87. The molecule has 2 aromatic carbocycles. The van der Waals surface area contributed by atoms with Crippen molar-refractivity contribution < 1.29 is 23.1 Å². The number of carboxylic acid groups (broad SMARTS) is 1. The summed E-state index contributed by atoms with van der Waals surface area (Å²) < 4.78 is 26.1. The lowest BCUT2D eigenvalue weighted by molar-refractivity contribution is -0.147. The Morgan fingerprint density at radius 2 is 1.56 bits per heavy atom. The maximum atomic E-state index is 13.9. The molecule has 1 unspecified atom stereocenters. The van der Waals surface area contributed by atoms with Crippen LogP contribution in [0, 0.1) is 11.8 Å². The molecule has 0 heterocycles. The van der Waals surface area contributed by atoms with Crippen molar-refractivity contribution in [3.05, 3.63) is 69.7 Å². The SMILES string of the molecule is CC(C)[C@@H](CS(=O)(=O)C(C)C)N(C(=O)[C@@H](C)CC(=O)O)C(Cc1cccc(Cl)c1)c1ccc(Cl)cc1. The highest BCUT2D eigenvalue weighted by atomic mass is 35.5. The third kappa shape index (κ3) is 8.22. The van der Waals surface area contributed by atoms with Crippen molar-refractivity contribution in [3.63, 3.8) is 0 Å². The van der Waals surface area contributed by atoms with Gasteiger partial charge in [-0.05, 0) is 61.6 Å². The van der Waals surface area contributed by atoms with Crippen LogP contribution in [0.15, 0.2) is 48.5 Å². The second-order valence-electron chi connectivity index (χ2n) is 9.84. The highest BCUT2D eigenvalue weighted by Gasteiger charge is 2.39. The predicted molar refractivity (Wildman–Crippen MR) is 145 cm³/mol. The number of hydrogen-bond donors (Lipinski definition) is 1. The van der Waals surface area contributed by atoms with Crippen molar-refractivity contribution in [1.82, 2.24) is 4.90 Å². The lowest BCUT2D eigenvalue weighted by Gasteiger charge is -2.42. The second kappa shape index (κ2) is 12.9. The normalized spacial score (nSPS) is 14.5. The summed E-state index contributed by atoms with van der Waals surface area (Å²) >= 11 is 12.4. The van der Waals surface area contributed by atoms with E-state index in [4.69, 9.17) is 23.2 Å². The average molecular weight is 557 g/mol. The Morgan fingerprint density at radius 1 is 0.944 bits per heavy atom. The minimum absolute atomic E-state index is 0.214. The van der Waals surface area contributed by atoms with Crippen molar-refractivity contribution in [3.8, 4) is 0 Å². The van der Waals surface area contributed by atoms with Crippen LogP contribution in [0.3, 0.4) is 0 Å². The molecule has 198 valence electrons. The van der Waals surface area contributed by atoms with Crippen LogP contribution in [0.1, 0.15) is 58.2 Å². The van der Waals surface area contributed by atoms with Gasteiger partial charge in [0.05, 0.1) is 23.5 Å². The maximum Gasteiger partial charge on any atom is 0.304 e. The van der Waals surface area contributed by atoms with Crippen LogP contribution in [0.4, 0.5) is 0 Å². The van der Waals surface area contributed by atoms with Crippen LogP contribution in [0.5, 0.6) is 0 Å². The maximum absolute atomic E-state index is 13.9. The molecule has 0 saturated carbocycles. The monoisotopic (exact) mass is 555 g/mol. The van der Waals surface area contributed by atoms with E-state index in [-0.39, 0.29) is 18.1 Å². The summed E-state index contributed by atoms with van der Waals surface area (Å²) in [7, 11) is -3.52.